The van der Waals surface area contributed by atoms with E-state index in [1.54, 1.807) is 36.6 Å². The number of hydrogen-bond acceptors (Lipinski definition) is 9. The van der Waals surface area contributed by atoms with Gasteiger partial charge in [-0.3, -0.25) is 19.1 Å². The molecule has 4 aromatic rings. The highest BCUT2D eigenvalue weighted by atomic mass is 16.5. The second-order valence-corrected chi connectivity index (χ2v) is 13.8. The fraction of sp³-hybridized carbons (Fsp3) is 0.385. The topological polar surface area (TPSA) is 108 Å². The number of ether oxygens (including phenoxy) is 1. The summed E-state index contributed by atoms with van der Waals surface area (Å²) in [5, 5.41) is 12.6. The van der Waals surface area contributed by atoms with E-state index in [2.05, 4.69) is 16.8 Å². The molecule has 0 saturated carbocycles. The molecule has 1 aromatic heterocycles. The number of aromatic nitrogens is 1. The molecule has 2 heterocycles. The van der Waals surface area contributed by atoms with Gasteiger partial charge in [0, 0.05) is 49.9 Å². The zero-order valence-electron chi connectivity index (χ0n) is 29.8. The number of Topliss-reactive ketones (excluding diaryl/α,β-unsaturated/α-hetero) is 2. The first-order valence-electron chi connectivity index (χ1n) is 16.6. The van der Waals surface area contributed by atoms with E-state index < -0.39 is 17.0 Å². The first kappa shape index (κ1) is 35.5. The molecular formula is C39H47N5O5. The number of aliphatic imine (C=N–C) groups is 1. The van der Waals surface area contributed by atoms with Crippen LogP contribution in [0.3, 0.4) is 0 Å². The minimum absolute atomic E-state index is 0.142. The molecule has 1 N–H and O–H groups in total. The maximum Gasteiger partial charge on any atom is 0.337 e. The molecular weight excluding hydrogens is 618 g/mol. The Labute approximate surface area is 288 Å². The van der Waals surface area contributed by atoms with E-state index in [4.69, 9.17) is 9.73 Å². The molecule has 10 nitrogen and oxygen atoms in total. The second kappa shape index (κ2) is 14.0. The van der Waals surface area contributed by atoms with Crippen molar-refractivity contribution in [2.45, 2.75) is 45.7 Å². The number of nitrogens with zero attached hydrogens (tertiary/aromatic N) is 5. The van der Waals surface area contributed by atoms with Crippen molar-refractivity contribution < 1.29 is 24.2 Å². The summed E-state index contributed by atoms with van der Waals surface area (Å²) in [7, 11) is 5.35. The van der Waals surface area contributed by atoms with Gasteiger partial charge in [-0.05, 0) is 78.1 Å². The van der Waals surface area contributed by atoms with Crippen LogP contribution >= 0.6 is 0 Å². The van der Waals surface area contributed by atoms with Crippen molar-refractivity contribution in [1.82, 2.24) is 14.4 Å². The van der Waals surface area contributed by atoms with Crippen molar-refractivity contribution in [2.75, 3.05) is 58.8 Å². The van der Waals surface area contributed by atoms with Gasteiger partial charge < -0.3 is 19.6 Å². The Morgan fingerprint density at radius 2 is 1.53 bits per heavy atom. The minimum Gasteiger partial charge on any atom is -0.494 e. The van der Waals surface area contributed by atoms with Gasteiger partial charge in [0.25, 0.3) is 0 Å². The van der Waals surface area contributed by atoms with E-state index in [-0.39, 0.29) is 17.4 Å². The van der Waals surface area contributed by atoms with Gasteiger partial charge in [0.2, 0.25) is 5.88 Å². The number of esters is 1. The molecule has 1 aliphatic heterocycles. The summed E-state index contributed by atoms with van der Waals surface area (Å²) in [6.45, 7) is 12.9. The summed E-state index contributed by atoms with van der Waals surface area (Å²) in [5.41, 5.74) is 2.11. The quantitative estimate of drug-likeness (QED) is 0.162. The third kappa shape index (κ3) is 7.02. The maximum atomic E-state index is 13.5. The lowest BCUT2D eigenvalue weighted by Crippen LogP contribution is -2.54. The van der Waals surface area contributed by atoms with Crippen LogP contribution in [0, 0.1) is 0 Å². The van der Waals surface area contributed by atoms with E-state index in [0.717, 1.165) is 37.4 Å². The number of rotatable bonds is 11. The Hall–Kier alpha value is -4.80. The number of ketones is 2. The van der Waals surface area contributed by atoms with E-state index in [9.17, 15) is 19.5 Å². The van der Waals surface area contributed by atoms with Crippen LogP contribution in [0.4, 0.5) is 11.4 Å². The van der Waals surface area contributed by atoms with Crippen molar-refractivity contribution >= 4 is 45.5 Å². The fourth-order valence-corrected chi connectivity index (χ4v) is 6.13. The molecule has 0 radical (unpaired) electrons. The third-order valence-corrected chi connectivity index (χ3v) is 10.0. The van der Waals surface area contributed by atoms with Gasteiger partial charge >= 0.3 is 5.97 Å². The normalized spacial score (nSPS) is 15.0. The molecule has 49 heavy (non-hydrogen) atoms. The molecule has 5 rings (SSSR count). The lowest BCUT2D eigenvalue weighted by atomic mass is 9.95. The summed E-state index contributed by atoms with van der Waals surface area (Å²) in [5.74, 6) is -0.680. The molecule has 0 atom stereocenters. The second-order valence-electron chi connectivity index (χ2n) is 13.8. The van der Waals surface area contributed by atoms with Crippen LogP contribution in [0.2, 0.25) is 0 Å². The summed E-state index contributed by atoms with van der Waals surface area (Å²) in [6, 6.07) is 22.2. The number of likely N-dealkylation sites (N-methyl/N-ethyl adjacent to an activating group) is 2. The molecule has 10 heteroatoms. The number of methoxy groups -OCH3 is 1. The van der Waals surface area contributed by atoms with Crippen LogP contribution in [0.25, 0.3) is 10.9 Å². The van der Waals surface area contributed by atoms with Gasteiger partial charge in [0.1, 0.15) is 5.54 Å². The summed E-state index contributed by atoms with van der Waals surface area (Å²) in [6.07, 6.45) is 0. The highest BCUT2D eigenvalue weighted by Crippen LogP contribution is 2.40. The molecule has 0 spiro atoms. The van der Waals surface area contributed by atoms with Gasteiger partial charge in [-0.15, -0.1) is 0 Å². The Balaban J connectivity index is 1.56. The summed E-state index contributed by atoms with van der Waals surface area (Å²) < 4.78 is 6.52. The van der Waals surface area contributed by atoms with Crippen LogP contribution in [-0.2, 0) is 19.9 Å². The van der Waals surface area contributed by atoms with Gasteiger partial charge in [-0.25, -0.2) is 9.79 Å². The predicted molar refractivity (Wildman–Crippen MR) is 195 cm³/mol. The number of hydrogen-bond donors (Lipinski definition) is 1. The predicted octanol–water partition coefficient (Wildman–Crippen LogP) is 5.66. The lowest BCUT2D eigenvalue weighted by molar-refractivity contribution is -0.125. The number of carbonyl (C=O) groups excluding carboxylic acids is 3. The molecule has 0 amide bonds. The van der Waals surface area contributed by atoms with Crippen molar-refractivity contribution in [1.29, 1.82) is 0 Å². The van der Waals surface area contributed by atoms with E-state index in [1.165, 1.54) is 14.0 Å². The first-order valence-corrected chi connectivity index (χ1v) is 16.6. The van der Waals surface area contributed by atoms with Gasteiger partial charge in [-0.2, -0.15) is 0 Å². The van der Waals surface area contributed by atoms with E-state index in [0.29, 0.717) is 40.0 Å². The molecule has 1 saturated heterocycles. The maximum absolute atomic E-state index is 13.5. The lowest BCUT2D eigenvalue weighted by Gasteiger charge is -2.39. The van der Waals surface area contributed by atoms with Crippen molar-refractivity contribution in [2.24, 2.45) is 4.99 Å². The first-order chi connectivity index (χ1) is 23.2. The van der Waals surface area contributed by atoms with Gasteiger partial charge in [0.05, 0.1) is 47.2 Å². The van der Waals surface area contributed by atoms with Gasteiger partial charge in [0.15, 0.2) is 11.6 Å². The number of anilines is 1. The largest absolute Gasteiger partial charge is 0.494 e. The Morgan fingerprint density at radius 1 is 0.898 bits per heavy atom. The zero-order valence-corrected chi connectivity index (χ0v) is 29.8. The molecule has 0 unspecified atom stereocenters. The van der Waals surface area contributed by atoms with Crippen LogP contribution in [0.5, 0.6) is 5.88 Å². The van der Waals surface area contributed by atoms with Crippen molar-refractivity contribution in [3.05, 3.63) is 89.5 Å². The number of carbonyl (C=O) groups is 3. The van der Waals surface area contributed by atoms with Crippen molar-refractivity contribution in [3.63, 3.8) is 0 Å². The molecule has 0 aliphatic carbocycles. The number of benzene rings is 3. The fourth-order valence-electron chi connectivity index (χ4n) is 6.13. The van der Waals surface area contributed by atoms with Crippen molar-refractivity contribution in [3.8, 4) is 5.88 Å². The Kier molecular flexibility index (Phi) is 10.1. The molecule has 258 valence electrons. The van der Waals surface area contributed by atoms with Crippen LogP contribution in [0.15, 0.2) is 77.8 Å². The Bertz CT molecular complexity index is 1880. The molecule has 1 aliphatic rings. The van der Waals surface area contributed by atoms with Crippen LogP contribution < -0.4 is 4.90 Å². The summed E-state index contributed by atoms with van der Waals surface area (Å²) >= 11 is 0. The average Bonchev–Trinajstić information content (AvgIpc) is 3.39. The molecule has 3 aromatic carbocycles. The number of piperazine rings is 1. The zero-order chi connectivity index (χ0) is 35.7. The highest BCUT2D eigenvalue weighted by molar-refractivity contribution is 6.22. The summed E-state index contributed by atoms with van der Waals surface area (Å²) in [4.78, 5) is 50.5. The Morgan fingerprint density at radius 3 is 2.12 bits per heavy atom. The monoisotopic (exact) mass is 665 g/mol. The minimum atomic E-state index is -1.14. The SMILES string of the molecule is COC(=O)c1ccc2c(C(=Nc3ccc(N(C)C(C)(C)C(=O)CN4CCN(C)CC4)cc3)c3ccccc3)c(O)n(C(C)(C)C(C)=O)c2c1. The van der Waals surface area contributed by atoms with Gasteiger partial charge in [-0.1, -0.05) is 36.4 Å². The smallest absolute Gasteiger partial charge is 0.337 e. The number of aromatic hydroxyl groups is 1. The van der Waals surface area contributed by atoms with E-state index in [1.807, 2.05) is 80.4 Å². The third-order valence-electron chi connectivity index (χ3n) is 10.0. The highest BCUT2D eigenvalue weighted by Gasteiger charge is 2.35. The molecule has 1 fully saturated rings. The van der Waals surface area contributed by atoms with E-state index >= 15 is 0 Å². The van der Waals surface area contributed by atoms with Crippen LogP contribution in [0.1, 0.15) is 56.1 Å². The average molecular weight is 666 g/mol. The standard InChI is InChI=1S/C39H47N5O5/c1-26(45)38(2,3)44-32-24-28(37(48)49-8)14-19-31(32)34(36(44)47)35(27-12-10-9-11-13-27)40-29-15-17-30(18-16-29)42(7)39(4,5)33(46)25-43-22-20-41(6)21-23-43/h9-19,24,47H,20-23,25H2,1-8H3. The molecule has 0 bridgehead atoms. The number of fused-ring (bicyclic) bond motifs is 1. The van der Waals surface area contributed by atoms with Crippen LogP contribution in [-0.4, -0.2) is 102 Å².